The summed E-state index contributed by atoms with van der Waals surface area (Å²) in [4.78, 5) is 25.7. The third kappa shape index (κ3) is 6.76. The molecule has 3 rings (SSSR count). The van der Waals surface area contributed by atoms with Gasteiger partial charge in [-0.3, -0.25) is 13.9 Å². The first-order valence-corrected chi connectivity index (χ1v) is 13.1. The van der Waals surface area contributed by atoms with Crippen molar-refractivity contribution in [3.63, 3.8) is 0 Å². The molecule has 0 aliphatic heterocycles. The van der Waals surface area contributed by atoms with Crippen LogP contribution in [-0.4, -0.2) is 47.0 Å². The molecule has 190 valence electrons. The molecule has 0 saturated carbocycles. The Bertz CT molecular complexity index is 1320. The van der Waals surface area contributed by atoms with Gasteiger partial charge in [0.1, 0.15) is 6.54 Å². The number of rotatable bonds is 11. The molecule has 0 bridgehead atoms. The first kappa shape index (κ1) is 27.5. The molecule has 0 heterocycles. The van der Waals surface area contributed by atoms with E-state index in [0.29, 0.717) is 19.6 Å². The first-order chi connectivity index (χ1) is 17.3. The van der Waals surface area contributed by atoms with Crippen LogP contribution in [0.2, 0.25) is 10.0 Å². The fourth-order valence-corrected chi connectivity index (χ4v) is 5.23. The van der Waals surface area contributed by atoms with Crippen LogP contribution in [0.5, 0.6) is 0 Å². The smallest absolute Gasteiger partial charge is 0.264 e. The van der Waals surface area contributed by atoms with E-state index in [1.165, 1.54) is 30.3 Å². The Kier molecular flexibility index (Phi) is 9.72. The Morgan fingerprint density at radius 2 is 1.64 bits per heavy atom. The van der Waals surface area contributed by atoms with Crippen molar-refractivity contribution >= 4 is 56.4 Å². The minimum Gasteiger partial charge on any atom is -0.385 e. The number of ether oxygens (including phenoxy) is 1. The van der Waals surface area contributed by atoms with Crippen LogP contribution in [0.15, 0.2) is 77.7 Å². The molecule has 0 aliphatic rings. The van der Waals surface area contributed by atoms with E-state index in [-0.39, 0.29) is 37.8 Å². The summed E-state index contributed by atoms with van der Waals surface area (Å²) in [6.45, 7) is 0.281. The maximum atomic E-state index is 13.5. The molecule has 0 radical (unpaired) electrons. The minimum absolute atomic E-state index is 0.0118. The summed E-state index contributed by atoms with van der Waals surface area (Å²) < 4.78 is 32.9. The molecule has 2 amide bonds. The van der Waals surface area contributed by atoms with Gasteiger partial charge in [0.2, 0.25) is 5.91 Å². The van der Waals surface area contributed by atoms with Gasteiger partial charge in [-0.1, -0.05) is 59.6 Å². The minimum atomic E-state index is -4.19. The van der Waals surface area contributed by atoms with E-state index in [2.05, 4.69) is 10.6 Å². The van der Waals surface area contributed by atoms with Crippen LogP contribution in [0, 0.1) is 0 Å². The lowest BCUT2D eigenvalue weighted by Crippen LogP contribution is -2.38. The van der Waals surface area contributed by atoms with Crippen LogP contribution in [0.25, 0.3) is 0 Å². The average molecular weight is 550 g/mol. The van der Waals surface area contributed by atoms with E-state index in [1.54, 1.807) is 49.6 Å². The van der Waals surface area contributed by atoms with E-state index in [0.717, 1.165) is 4.31 Å². The van der Waals surface area contributed by atoms with Crippen LogP contribution in [0.4, 0.5) is 11.4 Å². The van der Waals surface area contributed by atoms with Crippen LogP contribution in [0.1, 0.15) is 16.8 Å². The molecule has 8 nitrogen and oxygen atoms in total. The number of para-hydroxylation sites is 1. The zero-order chi connectivity index (χ0) is 26.1. The highest BCUT2D eigenvalue weighted by molar-refractivity contribution is 7.92. The van der Waals surface area contributed by atoms with E-state index in [1.807, 2.05) is 0 Å². The zero-order valence-corrected chi connectivity index (χ0v) is 21.7. The van der Waals surface area contributed by atoms with Gasteiger partial charge in [0.15, 0.2) is 0 Å². The summed E-state index contributed by atoms with van der Waals surface area (Å²) in [6.07, 6.45) is 0.628. The third-order valence-electron chi connectivity index (χ3n) is 5.07. The van der Waals surface area contributed by atoms with E-state index >= 15 is 0 Å². The van der Waals surface area contributed by atoms with Crippen LogP contribution in [0.3, 0.4) is 0 Å². The van der Waals surface area contributed by atoms with E-state index < -0.39 is 22.5 Å². The molecule has 3 aromatic carbocycles. The van der Waals surface area contributed by atoms with Crippen LogP contribution >= 0.6 is 23.2 Å². The average Bonchev–Trinajstić information content (AvgIpc) is 2.87. The van der Waals surface area contributed by atoms with Crippen molar-refractivity contribution in [1.29, 1.82) is 0 Å². The van der Waals surface area contributed by atoms with Crippen molar-refractivity contribution in [3.8, 4) is 0 Å². The number of methoxy groups -OCH3 is 1. The lowest BCUT2D eigenvalue weighted by atomic mass is 10.1. The van der Waals surface area contributed by atoms with Crippen molar-refractivity contribution in [2.75, 3.05) is 36.4 Å². The molecule has 0 saturated heterocycles. The number of hydrogen-bond acceptors (Lipinski definition) is 5. The van der Waals surface area contributed by atoms with Crippen molar-refractivity contribution < 1.29 is 22.7 Å². The quantitative estimate of drug-likeness (QED) is 0.340. The normalized spacial score (nSPS) is 11.1. The Morgan fingerprint density at radius 1 is 0.944 bits per heavy atom. The Morgan fingerprint density at radius 3 is 2.36 bits per heavy atom. The van der Waals surface area contributed by atoms with Gasteiger partial charge in [0.05, 0.1) is 31.9 Å². The summed E-state index contributed by atoms with van der Waals surface area (Å²) in [5, 5.41) is 5.53. The highest BCUT2D eigenvalue weighted by atomic mass is 35.5. The van der Waals surface area contributed by atoms with Gasteiger partial charge in [0.25, 0.3) is 15.9 Å². The number of benzene rings is 3. The summed E-state index contributed by atoms with van der Waals surface area (Å²) in [7, 11) is -2.61. The summed E-state index contributed by atoms with van der Waals surface area (Å²) in [5.41, 5.74) is 0.523. The summed E-state index contributed by atoms with van der Waals surface area (Å²) >= 11 is 12.5. The molecule has 2 N–H and O–H groups in total. The molecule has 0 atom stereocenters. The third-order valence-corrected chi connectivity index (χ3v) is 7.66. The number of sulfonamides is 1. The molecule has 36 heavy (non-hydrogen) atoms. The SMILES string of the molecule is COCCCNC(=O)c1ccccc1NC(=O)CN(c1cccc(Cl)c1Cl)S(=O)(=O)c1ccccc1. The van der Waals surface area contributed by atoms with Gasteiger partial charge in [-0.25, -0.2) is 8.42 Å². The molecule has 0 unspecified atom stereocenters. The standard InChI is InChI=1S/C25H25Cl2N3O5S/c1-35-16-8-15-28-25(32)19-11-5-6-13-21(19)29-23(31)17-30(22-14-7-12-20(26)24(22)27)36(33,34)18-9-3-2-4-10-18/h2-7,9-14H,8,15-17H2,1H3,(H,28,32)(H,29,31). The number of anilines is 2. The number of halogens is 2. The van der Waals surface area contributed by atoms with Crippen molar-refractivity contribution in [3.05, 3.63) is 88.4 Å². The van der Waals surface area contributed by atoms with Gasteiger partial charge in [-0.15, -0.1) is 0 Å². The first-order valence-electron chi connectivity index (χ1n) is 10.9. The number of amides is 2. The number of nitrogens with zero attached hydrogens (tertiary/aromatic N) is 1. The fraction of sp³-hybridized carbons (Fsp3) is 0.200. The van der Waals surface area contributed by atoms with Gasteiger partial charge in [-0.2, -0.15) is 0 Å². The van der Waals surface area contributed by atoms with Gasteiger partial charge < -0.3 is 15.4 Å². The molecule has 0 fully saturated rings. The predicted molar refractivity (Wildman–Crippen MR) is 141 cm³/mol. The second-order valence-corrected chi connectivity index (χ2v) is 10.2. The highest BCUT2D eigenvalue weighted by Gasteiger charge is 2.29. The predicted octanol–water partition coefficient (Wildman–Crippen LogP) is 4.59. The number of nitrogens with one attached hydrogen (secondary N) is 2. The maximum Gasteiger partial charge on any atom is 0.264 e. The Labute approximate surface area is 220 Å². The maximum absolute atomic E-state index is 13.5. The Hall–Kier alpha value is -3.11. The van der Waals surface area contributed by atoms with E-state index in [4.69, 9.17) is 27.9 Å². The summed E-state index contributed by atoms with van der Waals surface area (Å²) in [5.74, 6) is -1.06. The van der Waals surface area contributed by atoms with Crippen molar-refractivity contribution in [2.24, 2.45) is 0 Å². The topological polar surface area (TPSA) is 105 Å². The molecule has 3 aromatic rings. The van der Waals surface area contributed by atoms with Gasteiger partial charge in [-0.05, 0) is 42.8 Å². The molecule has 0 aromatic heterocycles. The fourth-order valence-electron chi connectivity index (χ4n) is 3.33. The van der Waals surface area contributed by atoms with Crippen LogP contribution < -0.4 is 14.9 Å². The molecule has 11 heteroatoms. The molecule has 0 aliphatic carbocycles. The molecular formula is C25H25Cl2N3O5S. The van der Waals surface area contributed by atoms with Gasteiger partial charge >= 0.3 is 0 Å². The Balaban J connectivity index is 1.88. The number of hydrogen-bond donors (Lipinski definition) is 2. The lowest BCUT2D eigenvalue weighted by Gasteiger charge is -2.25. The largest absolute Gasteiger partial charge is 0.385 e. The summed E-state index contributed by atoms with van der Waals surface area (Å²) in [6, 6.07) is 18.6. The molecular weight excluding hydrogens is 525 g/mol. The lowest BCUT2D eigenvalue weighted by molar-refractivity contribution is -0.114. The van der Waals surface area contributed by atoms with Crippen molar-refractivity contribution in [1.82, 2.24) is 5.32 Å². The number of carbonyl (C=O) groups is 2. The van der Waals surface area contributed by atoms with Crippen molar-refractivity contribution in [2.45, 2.75) is 11.3 Å². The number of carbonyl (C=O) groups excluding carboxylic acids is 2. The van der Waals surface area contributed by atoms with Crippen LogP contribution in [-0.2, 0) is 19.6 Å². The van der Waals surface area contributed by atoms with Gasteiger partial charge in [0, 0.05) is 20.3 Å². The monoisotopic (exact) mass is 549 g/mol. The zero-order valence-electron chi connectivity index (χ0n) is 19.4. The van der Waals surface area contributed by atoms with E-state index in [9.17, 15) is 18.0 Å². The highest BCUT2D eigenvalue weighted by Crippen LogP contribution is 2.35. The molecule has 0 spiro atoms. The second kappa shape index (κ2) is 12.7. The second-order valence-electron chi connectivity index (χ2n) is 7.59.